The molecule has 4 heteroatoms. The third-order valence-corrected chi connectivity index (χ3v) is 5.41. The maximum absolute atomic E-state index is 12.9. The van der Waals surface area contributed by atoms with Crippen molar-refractivity contribution in [2.24, 2.45) is 11.8 Å². The SMILES string of the molecule is CC(=O)N1CCc2ccccc2C1CC(=O)N1CC(C)CC(C)C1. The van der Waals surface area contributed by atoms with Gasteiger partial charge < -0.3 is 9.80 Å². The number of amides is 2. The lowest BCUT2D eigenvalue weighted by Gasteiger charge is -2.39. The van der Waals surface area contributed by atoms with Gasteiger partial charge in [-0.1, -0.05) is 38.1 Å². The summed E-state index contributed by atoms with van der Waals surface area (Å²) in [5, 5.41) is 0. The van der Waals surface area contributed by atoms with Crippen molar-refractivity contribution in [3.8, 4) is 0 Å². The Morgan fingerprint density at radius 1 is 1.12 bits per heavy atom. The van der Waals surface area contributed by atoms with Crippen LogP contribution in [0, 0.1) is 11.8 Å². The number of likely N-dealkylation sites (tertiary alicyclic amines) is 1. The number of hydrogen-bond acceptors (Lipinski definition) is 2. The highest BCUT2D eigenvalue weighted by Gasteiger charge is 2.33. The molecule has 0 saturated carbocycles. The van der Waals surface area contributed by atoms with E-state index >= 15 is 0 Å². The van der Waals surface area contributed by atoms with Gasteiger partial charge in [0.2, 0.25) is 11.8 Å². The van der Waals surface area contributed by atoms with Crippen LogP contribution in [0.15, 0.2) is 24.3 Å². The van der Waals surface area contributed by atoms with Crippen molar-refractivity contribution >= 4 is 11.8 Å². The molecule has 1 saturated heterocycles. The van der Waals surface area contributed by atoms with Gasteiger partial charge in [-0.25, -0.2) is 0 Å². The molecule has 24 heavy (non-hydrogen) atoms. The molecule has 1 aromatic rings. The first-order chi connectivity index (χ1) is 11.5. The van der Waals surface area contributed by atoms with Crippen LogP contribution in [0.5, 0.6) is 0 Å². The average Bonchev–Trinajstić information content (AvgIpc) is 2.53. The molecule has 2 amide bonds. The van der Waals surface area contributed by atoms with Crippen molar-refractivity contribution in [2.45, 2.75) is 46.1 Å². The molecule has 0 bridgehead atoms. The molecule has 2 aliphatic rings. The summed E-state index contributed by atoms with van der Waals surface area (Å²) in [6, 6.07) is 8.12. The minimum absolute atomic E-state index is 0.0580. The van der Waals surface area contributed by atoms with E-state index in [4.69, 9.17) is 0 Å². The van der Waals surface area contributed by atoms with Gasteiger partial charge in [0, 0.05) is 26.6 Å². The summed E-state index contributed by atoms with van der Waals surface area (Å²) in [6.45, 7) is 8.43. The molecule has 2 heterocycles. The Morgan fingerprint density at radius 2 is 1.79 bits per heavy atom. The van der Waals surface area contributed by atoms with Gasteiger partial charge in [0.15, 0.2) is 0 Å². The quantitative estimate of drug-likeness (QED) is 0.837. The highest BCUT2D eigenvalue weighted by molar-refractivity contribution is 5.80. The Bertz CT molecular complexity index is 618. The zero-order chi connectivity index (χ0) is 17.3. The fourth-order valence-corrected chi connectivity index (χ4v) is 4.41. The predicted molar refractivity (Wildman–Crippen MR) is 94.4 cm³/mol. The van der Waals surface area contributed by atoms with Crippen LogP contribution in [0.25, 0.3) is 0 Å². The third-order valence-electron chi connectivity index (χ3n) is 5.41. The Kier molecular flexibility index (Phi) is 4.93. The molecule has 0 spiro atoms. The molecule has 0 aromatic heterocycles. The molecule has 0 radical (unpaired) electrons. The number of carbonyl (C=O) groups excluding carboxylic acids is 2. The van der Waals surface area contributed by atoms with Crippen molar-refractivity contribution in [1.82, 2.24) is 9.80 Å². The molecular formula is C20H28N2O2. The Hall–Kier alpha value is -1.84. The molecule has 4 nitrogen and oxygen atoms in total. The van der Waals surface area contributed by atoms with E-state index in [1.807, 2.05) is 21.9 Å². The number of benzene rings is 1. The number of hydrogen-bond donors (Lipinski definition) is 0. The third kappa shape index (κ3) is 3.47. The van der Waals surface area contributed by atoms with E-state index in [0.717, 1.165) is 25.1 Å². The van der Waals surface area contributed by atoms with Gasteiger partial charge in [0.25, 0.3) is 0 Å². The first kappa shape index (κ1) is 17.0. The highest BCUT2D eigenvalue weighted by Crippen LogP contribution is 2.33. The molecule has 0 aliphatic carbocycles. The summed E-state index contributed by atoms with van der Waals surface area (Å²) >= 11 is 0. The molecule has 0 N–H and O–H groups in total. The minimum Gasteiger partial charge on any atom is -0.342 e. The minimum atomic E-state index is -0.118. The monoisotopic (exact) mass is 328 g/mol. The van der Waals surface area contributed by atoms with Crippen molar-refractivity contribution in [1.29, 1.82) is 0 Å². The maximum atomic E-state index is 12.9. The van der Waals surface area contributed by atoms with E-state index in [1.54, 1.807) is 6.92 Å². The van der Waals surface area contributed by atoms with Crippen molar-refractivity contribution in [2.75, 3.05) is 19.6 Å². The Labute approximate surface area is 144 Å². The molecule has 2 aliphatic heterocycles. The largest absolute Gasteiger partial charge is 0.342 e. The van der Waals surface area contributed by atoms with Crippen LogP contribution in [0.1, 0.15) is 50.8 Å². The van der Waals surface area contributed by atoms with Gasteiger partial charge in [-0.15, -0.1) is 0 Å². The van der Waals surface area contributed by atoms with Gasteiger partial charge in [0.1, 0.15) is 0 Å². The number of nitrogens with zero attached hydrogens (tertiary/aromatic N) is 2. The normalized spacial score (nSPS) is 26.9. The van der Waals surface area contributed by atoms with E-state index in [0.29, 0.717) is 24.8 Å². The predicted octanol–water partition coefficient (Wildman–Crippen LogP) is 3.03. The second-order valence-corrected chi connectivity index (χ2v) is 7.63. The number of carbonyl (C=O) groups is 2. The lowest BCUT2D eigenvalue weighted by atomic mass is 9.88. The van der Waals surface area contributed by atoms with Gasteiger partial charge in [-0.3, -0.25) is 9.59 Å². The van der Waals surface area contributed by atoms with Gasteiger partial charge >= 0.3 is 0 Å². The van der Waals surface area contributed by atoms with Crippen molar-refractivity contribution in [3.05, 3.63) is 35.4 Å². The van der Waals surface area contributed by atoms with Crippen LogP contribution in [-0.4, -0.2) is 41.2 Å². The molecule has 1 aromatic carbocycles. The van der Waals surface area contributed by atoms with Crippen LogP contribution in [0.4, 0.5) is 0 Å². The van der Waals surface area contributed by atoms with Gasteiger partial charge in [0.05, 0.1) is 12.5 Å². The van der Waals surface area contributed by atoms with E-state index in [9.17, 15) is 9.59 Å². The standard InChI is InChI=1S/C20H28N2O2/c1-14-10-15(2)13-21(12-14)20(24)11-19-18-7-5-4-6-17(18)8-9-22(19)16(3)23/h4-7,14-15,19H,8-13H2,1-3H3. The fourth-order valence-electron chi connectivity index (χ4n) is 4.41. The molecular weight excluding hydrogens is 300 g/mol. The Morgan fingerprint density at radius 3 is 2.46 bits per heavy atom. The topological polar surface area (TPSA) is 40.6 Å². The van der Waals surface area contributed by atoms with E-state index in [-0.39, 0.29) is 17.9 Å². The van der Waals surface area contributed by atoms with E-state index < -0.39 is 0 Å². The molecule has 3 rings (SSSR count). The smallest absolute Gasteiger partial charge is 0.225 e. The van der Waals surface area contributed by atoms with E-state index in [1.165, 1.54) is 12.0 Å². The van der Waals surface area contributed by atoms with E-state index in [2.05, 4.69) is 26.0 Å². The molecule has 3 unspecified atom stereocenters. The van der Waals surface area contributed by atoms with Crippen LogP contribution in [-0.2, 0) is 16.0 Å². The van der Waals surface area contributed by atoms with Crippen LogP contribution in [0.2, 0.25) is 0 Å². The van der Waals surface area contributed by atoms with Gasteiger partial charge in [-0.2, -0.15) is 0 Å². The summed E-state index contributed by atoms with van der Waals surface area (Å²) in [5.74, 6) is 1.35. The second-order valence-electron chi connectivity index (χ2n) is 7.63. The number of piperidine rings is 1. The van der Waals surface area contributed by atoms with Gasteiger partial charge in [-0.05, 0) is 35.8 Å². The summed E-state index contributed by atoms with van der Waals surface area (Å²) in [7, 11) is 0. The second kappa shape index (κ2) is 6.96. The zero-order valence-corrected chi connectivity index (χ0v) is 15.0. The van der Waals surface area contributed by atoms with Crippen molar-refractivity contribution < 1.29 is 9.59 Å². The van der Waals surface area contributed by atoms with Crippen LogP contribution >= 0.6 is 0 Å². The molecule has 3 atom stereocenters. The zero-order valence-electron chi connectivity index (χ0n) is 15.0. The molecule has 130 valence electrons. The lowest BCUT2D eigenvalue weighted by Crippen LogP contribution is -2.46. The van der Waals surface area contributed by atoms with Crippen LogP contribution in [0.3, 0.4) is 0 Å². The number of rotatable bonds is 2. The van der Waals surface area contributed by atoms with Crippen molar-refractivity contribution in [3.63, 3.8) is 0 Å². The molecule has 1 fully saturated rings. The first-order valence-corrected chi connectivity index (χ1v) is 9.08. The average molecular weight is 328 g/mol. The Balaban J connectivity index is 1.80. The summed E-state index contributed by atoms with van der Waals surface area (Å²) in [6.07, 6.45) is 2.46. The first-order valence-electron chi connectivity index (χ1n) is 9.08. The fraction of sp³-hybridized carbons (Fsp3) is 0.600. The number of fused-ring (bicyclic) bond motifs is 1. The maximum Gasteiger partial charge on any atom is 0.225 e. The summed E-state index contributed by atoms with van der Waals surface area (Å²) in [5.41, 5.74) is 2.42. The summed E-state index contributed by atoms with van der Waals surface area (Å²) in [4.78, 5) is 28.9. The highest BCUT2D eigenvalue weighted by atomic mass is 16.2. The lowest BCUT2D eigenvalue weighted by molar-refractivity contribution is -0.138. The summed E-state index contributed by atoms with van der Waals surface area (Å²) < 4.78 is 0. The van der Waals surface area contributed by atoms with Crippen LogP contribution < -0.4 is 0 Å².